The maximum atomic E-state index is 6.00. The number of morpholine rings is 1. The third-order valence-electron chi connectivity index (χ3n) is 4.83. The van der Waals surface area contributed by atoms with Crippen LogP contribution >= 0.6 is 12.4 Å². The zero-order valence-corrected chi connectivity index (χ0v) is 16.5. The molecule has 2 aromatic carbocycles. The van der Waals surface area contributed by atoms with Crippen LogP contribution in [0.3, 0.4) is 0 Å². The molecule has 0 bridgehead atoms. The number of aryl methyl sites for hydroxylation is 2. The highest BCUT2D eigenvalue weighted by atomic mass is 35.5. The average molecular weight is 401 g/mol. The number of aromatic nitrogens is 2. The molecule has 0 amide bonds. The molecule has 0 radical (unpaired) electrons. The maximum absolute atomic E-state index is 6.00. The van der Waals surface area contributed by atoms with E-state index < -0.39 is 0 Å². The Labute approximate surface area is 171 Å². The minimum absolute atomic E-state index is 0. The number of nitrogens with zero attached hydrogens (tertiary/aromatic N) is 3. The van der Waals surface area contributed by atoms with Crippen LogP contribution < -0.4 is 5.73 Å². The van der Waals surface area contributed by atoms with Gasteiger partial charge in [-0.1, -0.05) is 41.6 Å². The standard InChI is InChI=1S/C21H24N4O2.ClH/c22-19-7-2-1-5-17(19)8-9-20-23-21(24-27-20)18-6-3-4-16(14-18)15-25-10-12-26-13-11-25;/h1-7,14H,8-13,15,22H2;1H. The number of hydrogen-bond donors (Lipinski definition) is 1. The van der Waals surface area contributed by atoms with E-state index in [-0.39, 0.29) is 12.4 Å². The smallest absolute Gasteiger partial charge is 0.227 e. The van der Waals surface area contributed by atoms with Crippen LogP contribution in [0.1, 0.15) is 17.0 Å². The SMILES string of the molecule is Cl.Nc1ccccc1CCc1nc(-c2cccc(CN3CCOCC3)c2)no1. The Bertz CT molecular complexity index is 893. The monoisotopic (exact) mass is 400 g/mol. The van der Waals surface area contributed by atoms with Crippen molar-refractivity contribution in [2.75, 3.05) is 32.0 Å². The maximum Gasteiger partial charge on any atom is 0.227 e. The van der Waals surface area contributed by atoms with Crippen LogP contribution in [-0.4, -0.2) is 41.3 Å². The molecular weight excluding hydrogens is 376 g/mol. The van der Waals surface area contributed by atoms with Gasteiger partial charge < -0.3 is 15.0 Å². The summed E-state index contributed by atoms with van der Waals surface area (Å²) in [5.74, 6) is 1.27. The van der Waals surface area contributed by atoms with Crippen molar-refractivity contribution in [3.8, 4) is 11.4 Å². The minimum atomic E-state index is 0. The summed E-state index contributed by atoms with van der Waals surface area (Å²) in [7, 11) is 0. The summed E-state index contributed by atoms with van der Waals surface area (Å²) < 4.78 is 10.9. The van der Waals surface area contributed by atoms with E-state index in [1.54, 1.807) is 0 Å². The van der Waals surface area contributed by atoms with Crippen molar-refractivity contribution in [1.29, 1.82) is 0 Å². The van der Waals surface area contributed by atoms with Gasteiger partial charge in [0.15, 0.2) is 0 Å². The number of para-hydroxylation sites is 1. The molecule has 1 aliphatic rings. The lowest BCUT2D eigenvalue weighted by atomic mass is 10.1. The molecule has 0 saturated carbocycles. The highest BCUT2D eigenvalue weighted by molar-refractivity contribution is 5.85. The Morgan fingerprint density at radius 2 is 1.82 bits per heavy atom. The Morgan fingerprint density at radius 3 is 2.64 bits per heavy atom. The van der Waals surface area contributed by atoms with Crippen molar-refractivity contribution in [2.45, 2.75) is 19.4 Å². The summed E-state index contributed by atoms with van der Waals surface area (Å²) in [5.41, 5.74) is 10.1. The van der Waals surface area contributed by atoms with Gasteiger partial charge in [-0.15, -0.1) is 12.4 Å². The average Bonchev–Trinajstić information content (AvgIpc) is 3.18. The largest absolute Gasteiger partial charge is 0.399 e. The summed E-state index contributed by atoms with van der Waals surface area (Å²) in [5, 5.41) is 4.16. The summed E-state index contributed by atoms with van der Waals surface area (Å²) in [6.07, 6.45) is 1.46. The molecular formula is C21H25ClN4O2. The van der Waals surface area contributed by atoms with Gasteiger partial charge in [-0.25, -0.2) is 0 Å². The third-order valence-corrected chi connectivity index (χ3v) is 4.83. The van der Waals surface area contributed by atoms with Crippen molar-refractivity contribution in [3.05, 3.63) is 65.5 Å². The van der Waals surface area contributed by atoms with E-state index in [1.165, 1.54) is 5.56 Å². The molecule has 7 heteroatoms. The lowest BCUT2D eigenvalue weighted by Crippen LogP contribution is -2.35. The molecule has 1 aliphatic heterocycles. The van der Waals surface area contributed by atoms with Gasteiger partial charge in [-0.05, 0) is 29.7 Å². The molecule has 4 rings (SSSR count). The van der Waals surface area contributed by atoms with Crippen LogP contribution in [-0.2, 0) is 24.1 Å². The molecule has 0 atom stereocenters. The van der Waals surface area contributed by atoms with Gasteiger partial charge in [0.25, 0.3) is 0 Å². The highest BCUT2D eigenvalue weighted by Gasteiger charge is 2.13. The summed E-state index contributed by atoms with van der Waals surface area (Å²) in [6.45, 7) is 4.47. The Kier molecular flexibility index (Phi) is 7.03. The molecule has 148 valence electrons. The molecule has 3 aromatic rings. The van der Waals surface area contributed by atoms with Gasteiger partial charge in [-0.3, -0.25) is 4.90 Å². The highest BCUT2D eigenvalue weighted by Crippen LogP contribution is 2.20. The minimum Gasteiger partial charge on any atom is -0.399 e. The fourth-order valence-corrected chi connectivity index (χ4v) is 3.30. The Morgan fingerprint density at radius 1 is 1.00 bits per heavy atom. The quantitative estimate of drug-likeness (QED) is 0.639. The lowest BCUT2D eigenvalue weighted by molar-refractivity contribution is 0.0342. The van der Waals surface area contributed by atoms with E-state index in [0.717, 1.165) is 56.1 Å². The van der Waals surface area contributed by atoms with E-state index in [4.69, 9.17) is 15.0 Å². The van der Waals surface area contributed by atoms with Crippen LogP contribution in [0.5, 0.6) is 0 Å². The molecule has 1 fully saturated rings. The van der Waals surface area contributed by atoms with Gasteiger partial charge in [0, 0.05) is 37.3 Å². The molecule has 6 nitrogen and oxygen atoms in total. The first-order chi connectivity index (χ1) is 13.3. The zero-order chi connectivity index (χ0) is 18.5. The molecule has 1 saturated heterocycles. The topological polar surface area (TPSA) is 77.4 Å². The number of rotatable bonds is 6. The molecule has 2 N–H and O–H groups in total. The summed E-state index contributed by atoms with van der Waals surface area (Å²) in [6, 6.07) is 16.2. The third kappa shape index (κ3) is 5.10. The molecule has 1 aromatic heterocycles. The van der Waals surface area contributed by atoms with Crippen LogP contribution in [0, 0.1) is 0 Å². The number of benzene rings is 2. The van der Waals surface area contributed by atoms with E-state index >= 15 is 0 Å². The second-order valence-corrected chi connectivity index (χ2v) is 6.80. The number of ether oxygens (including phenoxy) is 1. The molecule has 2 heterocycles. The van der Waals surface area contributed by atoms with Crippen LogP contribution in [0.15, 0.2) is 53.1 Å². The van der Waals surface area contributed by atoms with Gasteiger partial charge in [0.05, 0.1) is 13.2 Å². The fourth-order valence-electron chi connectivity index (χ4n) is 3.30. The van der Waals surface area contributed by atoms with Crippen LogP contribution in [0.4, 0.5) is 5.69 Å². The second kappa shape index (κ2) is 9.68. The lowest BCUT2D eigenvalue weighted by Gasteiger charge is -2.26. The predicted octanol–water partition coefficient (Wildman–Crippen LogP) is 3.36. The van der Waals surface area contributed by atoms with Crippen LogP contribution in [0.2, 0.25) is 0 Å². The van der Waals surface area contributed by atoms with E-state index in [1.807, 2.05) is 36.4 Å². The van der Waals surface area contributed by atoms with Gasteiger partial charge in [-0.2, -0.15) is 4.98 Å². The first-order valence-corrected chi connectivity index (χ1v) is 9.33. The van der Waals surface area contributed by atoms with Crippen molar-refractivity contribution in [2.24, 2.45) is 0 Å². The molecule has 0 aliphatic carbocycles. The van der Waals surface area contributed by atoms with E-state index in [2.05, 4.69) is 27.2 Å². The molecule has 28 heavy (non-hydrogen) atoms. The number of nitrogens with two attached hydrogens (primary N) is 1. The first kappa shape index (κ1) is 20.3. The molecule has 0 spiro atoms. The summed E-state index contributed by atoms with van der Waals surface area (Å²) in [4.78, 5) is 6.96. The van der Waals surface area contributed by atoms with E-state index in [9.17, 15) is 0 Å². The van der Waals surface area contributed by atoms with Gasteiger partial charge in [0.2, 0.25) is 11.7 Å². The molecule has 0 unspecified atom stereocenters. The number of nitrogen functional groups attached to an aromatic ring is 1. The van der Waals surface area contributed by atoms with Gasteiger partial charge in [0.1, 0.15) is 0 Å². The van der Waals surface area contributed by atoms with E-state index in [0.29, 0.717) is 18.1 Å². The first-order valence-electron chi connectivity index (χ1n) is 9.33. The zero-order valence-electron chi connectivity index (χ0n) is 15.7. The normalized spacial score (nSPS) is 14.6. The Balaban J connectivity index is 0.00000225. The second-order valence-electron chi connectivity index (χ2n) is 6.80. The fraction of sp³-hybridized carbons (Fsp3) is 0.333. The van der Waals surface area contributed by atoms with Crippen molar-refractivity contribution < 1.29 is 9.26 Å². The summed E-state index contributed by atoms with van der Waals surface area (Å²) >= 11 is 0. The van der Waals surface area contributed by atoms with Gasteiger partial charge >= 0.3 is 0 Å². The number of hydrogen-bond acceptors (Lipinski definition) is 6. The predicted molar refractivity (Wildman–Crippen MR) is 111 cm³/mol. The van der Waals surface area contributed by atoms with Crippen LogP contribution in [0.25, 0.3) is 11.4 Å². The van der Waals surface area contributed by atoms with Crippen molar-refractivity contribution >= 4 is 18.1 Å². The number of anilines is 1. The Hall–Kier alpha value is -2.41. The van der Waals surface area contributed by atoms with Crippen molar-refractivity contribution in [3.63, 3.8) is 0 Å². The number of halogens is 1. The van der Waals surface area contributed by atoms with Crippen molar-refractivity contribution in [1.82, 2.24) is 15.0 Å².